The molecule has 0 heterocycles. The highest BCUT2D eigenvalue weighted by molar-refractivity contribution is 6.11. The third-order valence-corrected chi connectivity index (χ3v) is 2.97. The van der Waals surface area contributed by atoms with Crippen molar-refractivity contribution in [1.82, 2.24) is 5.32 Å². The molecule has 0 fully saturated rings. The maximum absolute atomic E-state index is 11.1. The Morgan fingerprint density at radius 2 is 2.00 bits per heavy atom. The molecule has 0 rings (SSSR count). The van der Waals surface area contributed by atoms with E-state index in [4.69, 9.17) is 17.3 Å². The van der Waals surface area contributed by atoms with Crippen LogP contribution in [0.25, 0.3) is 0 Å². The Labute approximate surface area is 106 Å². The first-order valence-corrected chi connectivity index (χ1v) is 6.08. The van der Waals surface area contributed by atoms with Crippen molar-refractivity contribution in [2.75, 3.05) is 20.8 Å². The molecule has 0 aromatic heterocycles. The van der Waals surface area contributed by atoms with Crippen molar-refractivity contribution < 1.29 is 14.3 Å². The largest absolute Gasteiger partial charge is 0.381 e. The fourth-order valence-electron chi connectivity index (χ4n) is 1.97. The van der Waals surface area contributed by atoms with Crippen LogP contribution >= 0.6 is 0 Å². The first kappa shape index (κ1) is 16.5. The summed E-state index contributed by atoms with van der Waals surface area (Å²) in [4.78, 5) is 11.1. The van der Waals surface area contributed by atoms with Crippen LogP contribution in [0.1, 0.15) is 27.2 Å². The zero-order chi connectivity index (χ0) is 13.4. The zero-order valence-corrected chi connectivity index (χ0v) is 11.5. The van der Waals surface area contributed by atoms with E-state index in [1.54, 1.807) is 14.2 Å². The molecule has 1 N–H and O–H groups in total. The van der Waals surface area contributed by atoms with Gasteiger partial charge in [-0.25, -0.2) is 0 Å². The van der Waals surface area contributed by atoms with Gasteiger partial charge in [0.15, 0.2) is 0 Å². The first-order valence-electron chi connectivity index (χ1n) is 6.08. The Bertz CT molecular complexity index is 220. The number of hydrogen-bond acceptors (Lipinski definition) is 3. The molecule has 0 aromatic rings. The Morgan fingerprint density at radius 1 is 1.41 bits per heavy atom. The first-order chi connectivity index (χ1) is 7.97. The van der Waals surface area contributed by atoms with Crippen molar-refractivity contribution in [2.24, 2.45) is 11.8 Å². The molecule has 1 amide bonds. The van der Waals surface area contributed by atoms with E-state index in [-0.39, 0.29) is 24.5 Å². The summed E-state index contributed by atoms with van der Waals surface area (Å²) in [6.07, 6.45) is 0.922. The van der Waals surface area contributed by atoms with Crippen LogP contribution in [0.2, 0.25) is 0 Å². The number of carbonyl (C=O) groups is 1. The molecule has 0 bridgehead atoms. The summed E-state index contributed by atoms with van der Waals surface area (Å²) in [5.41, 5.74) is 0. The highest BCUT2D eigenvalue weighted by Crippen LogP contribution is 2.24. The second-order valence-corrected chi connectivity index (χ2v) is 4.45. The Morgan fingerprint density at radius 3 is 2.35 bits per heavy atom. The minimum Gasteiger partial charge on any atom is -0.381 e. The van der Waals surface area contributed by atoms with Crippen LogP contribution in [0.4, 0.5) is 0 Å². The molecule has 0 aliphatic heterocycles. The lowest BCUT2D eigenvalue weighted by Crippen LogP contribution is -2.40. The predicted octanol–water partition coefficient (Wildman–Crippen LogP) is 0.941. The summed E-state index contributed by atoms with van der Waals surface area (Å²) in [6.45, 7) is 6.20. The van der Waals surface area contributed by atoms with Gasteiger partial charge in [0.1, 0.15) is 14.5 Å². The summed E-state index contributed by atoms with van der Waals surface area (Å²) in [5.74, 6) is 0.239. The Balaban J connectivity index is 4.43. The number of carbonyl (C=O) groups excluding carboxylic acids is 1. The number of methoxy groups -OCH3 is 1. The molecule has 98 valence electrons. The van der Waals surface area contributed by atoms with Crippen LogP contribution in [0, 0.1) is 11.8 Å². The molecule has 0 aromatic carbocycles. The van der Waals surface area contributed by atoms with Gasteiger partial charge in [-0.1, -0.05) is 20.8 Å². The fourth-order valence-corrected chi connectivity index (χ4v) is 1.97. The van der Waals surface area contributed by atoms with Gasteiger partial charge in [0.05, 0.1) is 6.10 Å². The number of ether oxygens (including phenoxy) is 2. The average molecular weight is 241 g/mol. The summed E-state index contributed by atoms with van der Waals surface area (Å²) < 4.78 is 10.8. The smallest absolute Gasteiger partial charge is 0.245 e. The van der Waals surface area contributed by atoms with Crippen LogP contribution in [-0.2, 0) is 14.3 Å². The molecule has 3 unspecified atom stereocenters. The molecule has 5 heteroatoms. The van der Waals surface area contributed by atoms with E-state index in [0.29, 0.717) is 5.92 Å². The maximum atomic E-state index is 11.1. The highest BCUT2D eigenvalue weighted by Gasteiger charge is 2.29. The second kappa shape index (κ2) is 8.53. The summed E-state index contributed by atoms with van der Waals surface area (Å²) in [6, 6.07) is -0.489. The molecule has 4 nitrogen and oxygen atoms in total. The molecule has 0 saturated carbocycles. The van der Waals surface area contributed by atoms with E-state index in [1.807, 2.05) is 0 Å². The summed E-state index contributed by atoms with van der Waals surface area (Å²) in [5, 5.41) is 2.49. The average Bonchev–Trinajstić information content (AvgIpc) is 2.31. The fraction of sp³-hybridized carbons (Fsp3) is 0.917. The summed E-state index contributed by atoms with van der Waals surface area (Å²) >= 11 is 0. The van der Waals surface area contributed by atoms with E-state index in [2.05, 4.69) is 26.1 Å². The highest BCUT2D eigenvalue weighted by atomic mass is 16.5. The SMILES string of the molecule is [B]C(OCC(=O)NC)C(C(C)C)C(CC)OC. The van der Waals surface area contributed by atoms with E-state index in [9.17, 15) is 4.79 Å². The third-order valence-electron chi connectivity index (χ3n) is 2.97. The zero-order valence-electron chi connectivity index (χ0n) is 11.5. The summed E-state index contributed by atoms with van der Waals surface area (Å²) in [7, 11) is 9.24. The molecular formula is C12H24BNO3. The monoisotopic (exact) mass is 241 g/mol. The van der Waals surface area contributed by atoms with Crippen LogP contribution in [0.5, 0.6) is 0 Å². The molecule has 0 saturated heterocycles. The van der Waals surface area contributed by atoms with Gasteiger partial charge in [-0.2, -0.15) is 0 Å². The van der Waals surface area contributed by atoms with Gasteiger partial charge in [0, 0.05) is 26.1 Å². The Hall–Kier alpha value is -0.545. The minimum absolute atomic E-state index is 0.0129. The quantitative estimate of drug-likeness (QED) is 0.643. The lowest BCUT2D eigenvalue weighted by molar-refractivity contribution is -0.128. The van der Waals surface area contributed by atoms with E-state index in [1.165, 1.54) is 0 Å². The van der Waals surface area contributed by atoms with Crippen molar-refractivity contribution >= 4 is 13.8 Å². The van der Waals surface area contributed by atoms with Crippen LogP contribution in [0.15, 0.2) is 0 Å². The number of hydrogen-bond donors (Lipinski definition) is 1. The normalized spacial score (nSPS) is 16.6. The van der Waals surface area contributed by atoms with Gasteiger partial charge in [-0.15, -0.1) is 0 Å². The lowest BCUT2D eigenvalue weighted by atomic mass is 9.75. The van der Waals surface area contributed by atoms with Crippen molar-refractivity contribution in [3.05, 3.63) is 0 Å². The number of nitrogens with one attached hydrogen (secondary N) is 1. The molecule has 3 atom stereocenters. The van der Waals surface area contributed by atoms with Crippen molar-refractivity contribution in [1.29, 1.82) is 0 Å². The molecule has 0 aliphatic rings. The number of likely N-dealkylation sites (N-methyl/N-ethyl adjacent to an activating group) is 1. The molecule has 17 heavy (non-hydrogen) atoms. The predicted molar refractivity (Wildman–Crippen MR) is 69.0 cm³/mol. The van der Waals surface area contributed by atoms with E-state index < -0.39 is 6.00 Å². The van der Waals surface area contributed by atoms with E-state index in [0.717, 1.165) is 6.42 Å². The van der Waals surface area contributed by atoms with Gasteiger partial charge >= 0.3 is 0 Å². The topological polar surface area (TPSA) is 47.6 Å². The van der Waals surface area contributed by atoms with Crippen molar-refractivity contribution in [3.63, 3.8) is 0 Å². The Kier molecular flexibility index (Phi) is 8.26. The molecule has 0 spiro atoms. The number of amides is 1. The van der Waals surface area contributed by atoms with Crippen molar-refractivity contribution in [3.8, 4) is 0 Å². The number of rotatable bonds is 8. The van der Waals surface area contributed by atoms with Crippen LogP contribution in [0.3, 0.4) is 0 Å². The molecular weight excluding hydrogens is 217 g/mol. The van der Waals surface area contributed by atoms with Gasteiger partial charge in [0.25, 0.3) is 0 Å². The van der Waals surface area contributed by atoms with Gasteiger partial charge in [-0.3, -0.25) is 4.79 Å². The molecule has 2 radical (unpaired) electrons. The lowest BCUT2D eigenvalue weighted by Gasteiger charge is -2.33. The standard InChI is InChI=1S/C12H24BNO3/c1-6-9(16-5)11(8(2)3)12(13)17-7-10(15)14-4/h8-9,11-12H,6-7H2,1-5H3,(H,14,15). The maximum Gasteiger partial charge on any atom is 0.245 e. The minimum atomic E-state index is -0.489. The van der Waals surface area contributed by atoms with Crippen LogP contribution in [-0.4, -0.2) is 46.6 Å². The van der Waals surface area contributed by atoms with Gasteiger partial charge in [0.2, 0.25) is 5.91 Å². The van der Waals surface area contributed by atoms with Gasteiger partial charge in [-0.05, 0) is 12.3 Å². The van der Waals surface area contributed by atoms with E-state index >= 15 is 0 Å². The van der Waals surface area contributed by atoms with Crippen LogP contribution < -0.4 is 5.32 Å². The molecule has 0 aliphatic carbocycles. The second-order valence-electron chi connectivity index (χ2n) is 4.45. The van der Waals surface area contributed by atoms with Gasteiger partial charge < -0.3 is 14.8 Å². The van der Waals surface area contributed by atoms with Crippen molar-refractivity contribution in [2.45, 2.75) is 39.3 Å². The third kappa shape index (κ3) is 5.55.